The van der Waals surface area contributed by atoms with Gasteiger partial charge in [-0.1, -0.05) is 18.9 Å². The zero-order valence-corrected chi connectivity index (χ0v) is 12.0. The van der Waals surface area contributed by atoms with E-state index in [1.54, 1.807) is 0 Å². The number of hydrogen-bond donors (Lipinski definition) is 1. The van der Waals surface area contributed by atoms with E-state index in [2.05, 4.69) is 18.2 Å². The van der Waals surface area contributed by atoms with Gasteiger partial charge in [0.15, 0.2) is 11.5 Å². The highest BCUT2D eigenvalue weighted by Gasteiger charge is 2.46. The molecule has 2 saturated carbocycles. The van der Waals surface area contributed by atoms with Crippen LogP contribution in [0.1, 0.15) is 44.1 Å². The van der Waals surface area contributed by atoms with Crippen molar-refractivity contribution in [2.24, 2.45) is 11.1 Å². The SMILES string of the molecule is NCC1(c2ccc3c(c2)OCC2(CC2)CO3)CCCC1. The molecule has 4 rings (SSSR count). The van der Waals surface area contributed by atoms with Crippen LogP contribution in [0.5, 0.6) is 11.5 Å². The Morgan fingerprint density at radius 3 is 2.30 bits per heavy atom. The molecule has 0 aromatic heterocycles. The molecule has 0 unspecified atom stereocenters. The van der Waals surface area contributed by atoms with E-state index in [4.69, 9.17) is 15.2 Å². The van der Waals surface area contributed by atoms with Crippen LogP contribution in [0, 0.1) is 5.41 Å². The van der Waals surface area contributed by atoms with Gasteiger partial charge < -0.3 is 15.2 Å². The Morgan fingerprint density at radius 2 is 1.65 bits per heavy atom. The third-order valence-corrected chi connectivity index (χ3v) is 5.53. The van der Waals surface area contributed by atoms with E-state index in [1.165, 1.54) is 44.1 Å². The zero-order valence-electron chi connectivity index (χ0n) is 12.0. The molecule has 0 bridgehead atoms. The van der Waals surface area contributed by atoms with Crippen LogP contribution < -0.4 is 15.2 Å². The van der Waals surface area contributed by atoms with Crippen molar-refractivity contribution in [2.75, 3.05) is 19.8 Å². The van der Waals surface area contributed by atoms with Gasteiger partial charge >= 0.3 is 0 Å². The molecule has 3 nitrogen and oxygen atoms in total. The highest BCUT2D eigenvalue weighted by Crippen LogP contribution is 2.50. The molecule has 0 atom stereocenters. The van der Waals surface area contributed by atoms with Crippen LogP contribution in [0.15, 0.2) is 18.2 Å². The summed E-state index contributed by atoms with van der Waals surface area (Å²) in [6.45, 7) is 2.34. The summed E-state index contributed by atoms with van der Waals surface area (Å²) in [7, 11) is 0. The Kier molecular flexibility index (Phi) is 2.75. The lowest BCUT2D eigenvalue weighted by Gasteiger charge is -2.28. The van der Waals surface area contributed by atoms with Gasteiger partial charge in [-0.15, -0.1) is 0 Å². The molecule has 0 saturated heterocycles. The second-order valence-corrected chi connectivity index (χ2v) is 6.93. The topological polar surface area (TPSA) is 44.5 Å². The van der Waals surface area contributed by atoms with Gasteiger partial charge in [-0.25, -0.2) is 0 Å². The first kappa shape index (κ1) is 12.5. The Balaban J connectivity index is 1.65. The van der Waals surface area contributed by atoms with Crippen LogP contribution >= 0.6 is 0 Å². The van der Waals surface area contributed by atoms with Gasteiger partial charge in [-0.3, -0.25) is 0 Å². The minimum Gasteiger partial charge on any atom is -0.489 e. The van der Waals surface area contributed by atoms with Crippen LogP contribution in [0.25, 0.3) is 0 Å². The van der Waals surface area contributed by atoms with Gasteiger partial charge in [-0.05, 0) is 43.4 Å². The zero-order chi connectivity index (χ0) is 13.6. The molecule has 3 heteroatoms. The maximum atomic E-state index is 6.09. The van der Waals surface area contributed by atoms with Crippen LogP contribution in [0.4, 0.5) is 0 Å². The molecular weight excluding hydrogens is 250 g/mol. The summed E-state index contributed by atoms with van der Waals surface area (Å²) in [5, 5.41) is 0. The van der Waals surface area contributed by atoms with E-state index in [1.807, 2.05) is 0 Å². The average molecular weight is 273 g/mol. The van der Waals surface area contributed by atoms with Crippen molar-refractivity contribution in [1.82, 2.24) is 0 Å². The highest BCUT2D eigenvalue weighted by molar-refractivity contribution is 5.46. The van der Waals surface area contributed by atoms with Gasteiger partial charge in [-0.2, -0.15) is 0 Å². The van der Waals surface area contributed by atoms with Crippen LogP contribution in [0.2, 0.25) is 0 Å². The van der Waals surface area contributed by atoms with Gasteiger partial charge in [0, 0.05) is 17.4 Å². The lowest BCUT2D eigenvalue weighted by Crippen LogP contribution is -2.31. The molecule has 20 heavy (non-hydrogen) atoms. The van der Waals surface area contributed by atoms with Gasteiger partial charge in [0.2, 0.25) is 0 Å². The second kappa shape index (κ2) is 4.39. The maximum absolute atomic E-state index is 6.09. The third-order valence-electron chi connectivity index (χ3n) is 5.53. The van der Waals surface area contributed by atoms with Crippen molar-refractivity contribution in [1.29, 1.82) is 0 Å². The molecule has 108 valence electrons. The lowest BCUT2D eigenvalue weighted by molar-refractivity contribution is 0.197. The standard InChI is InChI=1S/C17H23NO2/c18-10-17(5-1-2-6-17)13-3-4-14-15(9-13)20-12-16(7-8-16)11-19-14/h3-4,9H,1-2,5-8,10-12,18H2. The minimum atomic E-state index is 0.169. The third kappa shape index (κ3) is 1.91. The smallest absolute Gasteiger partial charge is 0.161 e. The molecule has 1 aromatic rings. The molecule has 1 heterocycles. The molecule has 0 amide bonds. The second-order valence-electron chi connectivity index (χ2n) is 6.93. The van der Waals surface area contributed by atoms with Crippen molar-refractivity contribution >= 4 is 0 Å². The molecule has 2 fully saturated rings. The summed E-state index contributed by atoms with van der Waals surface area (Å²) < 4.78 is 12.0. The summed E-state index contributed by atoms with van der Waals surface area (Å²) in [6, 6.07) is 6.47. The van der Waals surface area contributed by atoms with Crippen molar-refractivity contribution < 1.29 is 9.47 Å². The van der Waals surface area contributed by atoms with Crippen molar-refractivity contribution in [3.63, 3.8) is 0 Å². The van der Waals surface area contributed by atoms with E-state index in [-0.39, 0.29) is 5.41 Å². The summed E-state index contributed by atoms with van der Waals surface area (Å²) in [6.07, 6.45) is 7.45. The van der Waals surface area contributed by atoms with Crippen LogP contribution in [-0.2, 0) is 5.41 Å². The number of fused-ring (bicyclic) bond motifs is 1. The van der Waals surface area contributed by atoms with Gasteiger partial charge in [0.1, 0.15) is 0 Å². The maximum Gasteiger partial charge on any atom is 0.161 e. The fraction of sp³-hybridized carbons (Fsp3) is 0.647. The molecule has 1 aromatic carbocycles. The van der Waals surface area contributed by atoms with E-state index in [9.17, 15) is 0 Å². The first-order valence-electron chi connectivity index (χ1n) is 7.86. The van der Waals surface area contributed by atoms with E-state index >= 15 is 0 Å². The molecule has 2 N–H and O–H groups in total. The monoisotopic (exact) mass is 273 g/mol. The lowest BCUT2D eigenvalue weighted by atomic mass is 9.79. The quantitative estimate of drug-likeness (QED) is 0.901. The Morgan fingerprint density at radius 1 is 0.950 bits per heavy atom. The summed E-state index contributed by atoms with van der Waals surface area (Å²) in [4.78, 5) is 0. The molecule has 3 aliphatic rings. The predicted octanol–water partition coefficient (Wildman–Crippen LogP) is 3.01. The van der Waals surface area contributed by atoms with E-state index in [0.717, 1.165) is 31.3 Å². The predicted molar refractivity (Wildman–Crippen MR) is 78.3 cm³/mol. The highest BCUT2D eigenvalue weighted by atomic mass is 16.5. The number of benzene rings is 1. The fourth-order valence-electron chi connectivity index (χ4n) is 3.70. The summed E-state index contributed by atoms with van der Waals surface area (Å²) in [5.41, 5.74) is 7.90. The summed E-state index contributed by atoms with van der Waals surface area (Å²) in [5.74, 6) is 1.83. The van der Waals surface area contributed by atoms with Gasteiger partial charge in [0.25, 0.3) is 0 Å². The molecule has 1 aliphatic heterocycles. The molecule has 0 radical (unpaired) electrons. The normalized spacial score (nSPS) is 25.4. The van der Waals surface area contributed by atoms with Gasteiger partial charge in [0.05, 0.1) is 13.2 Å². The van der Waals surface area contributed by atoms with Crippen LogP contribution in [0.3, 0.4) is 0 Å². The first-order valence-corrected chi connectivity index (χ1v) is 7.86. The number of rotatable bonds is 2. The Labute approximate surface area is 120 Å². The number of nitrogens with two attached hydrogens (primary N) is 1. The molecular formula is C17H23NO2. The number of hydrogen-bond acceptors (Lipinski definition) is 3. The van der Waals surface area contributed by atoms with Crippen LogP contribution in [-0.4, -0.2) is 19.8 Å². The van der Waals surface area contributed by atoms with Crippen molar-refractivity contribution in [3.8, 4) is 11.5 Å². The minimum absolute atomic E-state index is 0.169. The van der Waals surface area contributed by atoms with E-state index in [0.29, 0.717) is 5.41 Å². The largest absolute Gasteiger partial charge is 0.489 e. The van der Waals surface area contributed by atoms with E-state index < -0.39 is 0 Å². The number of ether oxygens (including phenoxy) is 2. The first-order chi connectivity index (χ1) is 9.75. The average Bonchev–Trinajstić information content (AvgIpc) is 3.15. The fourth-order valence-corrected chi connectivity index (χ4v) is 3.70. The Bertz CT molecular complexity index is 516. The molecule has 1 spiro atoms. The molecule has 2 aliphatic carbocycles. The van der Waals surface area contributed by atoms with Crippen molar-refractivity contribution in [2.45, 2.75) is 43.9 Å². The summed E-state index contributed by atoms with van der Waals surface area (Å²) >= 11 is 0. The van der Waals surface area contributed by atoms with Crippen molar-refractivity contribution in [3.05, 3.63) is 23.8 Å². The Hall–Kier alpha value is -1.22.